The second-order valence-electron chi connectivity index (χ2n) is 4.90. The van der Waals surface area contributed by atoms with E-state index < -0.39 is 0 Å². The van der Waals surface area contributed by atoms with Gasteiger partial charge in [0.05, 0.1) is 0 Å². The molecular weight excluding hydrogens is 312 g/mol. The Morgan fingerprint density at radius 3 is 2.33 bits per heavy atom. The molecule has 0 saturated carbocycles. The minimum absolute atomic E-state index is 0.186. The third-order valence-corrected chi connectivity index (χ3v) is 3.53. The van der Waals surface area contributed by atoms with Gasteiger partial charge >= 0.3 is 0 Å². The summed E-state index contributed by atoms with van der Waals surface area (Å²) < 4.78 is 13.2. The predicted molar refractivity (Wildman–Crippen MR) is 83.4 cm³/mol. The van der Waals surface area contributed by atoms with Gasteiger partial charge in [0, 0.05) is 29.2 Å². The number of amides is 1. The molecule has 0 bridgehead atoms. The Kier molecular flexibility index (Phi) is 4.86. The van der Waals surface area contributed by atoms with Crippen molar-refractivity contribution in [2.24, 2.45) is 0 Å². The van der Waals surface area contributed by atoms with Gasteiger partial charge in [-0.05, 0) is 54.4 Å². The number of hydrogen-bond donors (Lipinski definition) is 0. The van der Waals surface area contributed by atoms with Crippen molar-refractivity contribution in [3.05, 3.63) is 69.0 Å². The highest BCUT2D eigenvalue weighted by Gasteiger charge is 2.13. The van der Waals surface area contributed by atoms with Crippen LogP contribution < -0.4 is 0 Å². The number of carbonyl (C=O) groups is 1. The first-order valence-electron chi connectivity index (χ1n) is 6.33. The van der Waals surface area contributed by atoms with Gasteiger partial charge in [0.15, 0.2) is 0 Å². The lowest BCUT2D eigenvalue weighted by Gasteiger charge is -2.18. The molecule has 1 amide bonds. The summed E-state index contributed by atoms with van der Waals surface area (Å²) in [5.74, 6) is -0.509. The Hall–Kier alpha value is -1.58. The molecule has 0 unspecified atom stereocenters. The molecule has 2 aromatic rings. The van der Waals surface area contributed by atoms with E-state index in [0.717, 1.165) is 5.56 Å². The molecule has 0 heterocycles. The minimum Gasteiger partial charge on any atom is -0.337 e. The highest BCUT2D eigenvalue weighted by atomic mass is 35.5. The number of nitrogens with zero attached hydrogens (tertiary/aromatic N) is 1. The minimum atomic E-state index is -0.323. The first-order valence-corrected chi connectivity index (χ1v) is 7.09. The molecule has 0 fully saturated rings. The van der Waals surface area contributed by atoms with Gasteiger partial charge in [-0.2, -0.15) is 0 Å². The smallest absolute Gasteiger partial charge is 0.253 e. The molecule has 2 rings (SSSR count). The fourth-order valence-electron chi connectivity index (χ4n) is 2.05. The van der Waals surface area contributed by atoms with E-state index in [4.69, 9.17) is 23.2 Å². The van der Waals surface area contributed by atoms with E-state index in [2.05, 4.69) is 0 Å². The van der Waals surface area contributed by atoms with Crippen LogP contribution in [0.5, 0.6) is 0 Å². The zero-order valence-electron chi connectivity index (χ0n) is 11.7. The first-order chi connectivity index (χ1) is 9.86. The Morgan fingerprint density at radius 2 is 1.76 bits per heavy atom. The average Bonchev–Trinajstić information content (AvgIpc) is 2.39. The molecule has 0 radical (unpaired) electrons. The standard InChI is InChI=1S/C16H14Cl2FNO/c1-10-5-12(3-4-15(10)19)16(21)20(2)9-11-6-13(17)8-14(18)7-11/h3-8H,9H2,1-2H3. The summed E-state index contributed by atoms with van der Waals surface area (Å²) in [7, 11) is 1.68. The zero-order chi connectivity index (χ0) is 15.6. The number of hydrogen-bond acceptors (Lipinski definition) is 1. The lowest BCUT2D eigenvalue weighted by Crippen LogP contribution is -2.26. The van der Waals surface area contributed by atoms with Crippen LogP contribution >= 0.6 is 23.2 Å². The molecule has 21 heavy (non-hydrogen) atoms. The molecule has 5 heteroatoms. The number of rotatable bonds is 3. The largest absolute Gasteiger partial charge is 0.337 e. The van der Waals surface area contributed by atoms with Gasteiger partial charge in [-0.1, -0.05) is 23.2 Å². The molecule has 0 spiro atoms. The molecule has 0 aliphatic carbocycles. The van der Waals surface area contributed by atoms with Crippen LogP contribution in [0.25, 0.3) is 0 Å². The van der Waals surface area contributed by atoms with Crippen LogP contribution in [-0.4, -0.2) is 17.9 Å². The fourth-order valence-corrected chi connectivity index (χ4v) is 2.62. The van der Waals surface area contributed by atoms with Crippen molar-refractivity contribution in [3.8, 4) is 0 Å². The van der Waals surface area contributed by atoms with Gasteiger partial charge in [-0.3, -0.25) is 4.79 Å². The van der Waals surface area contributed by atoms with Crippen LogP contribution in [0.4, 0.5) is 4.39 Å². The van der Waals surface area contributed by atoms with Gasteiger partial charge in [-0.15, -0.1) is 0 Å². The first kappa shape index (κ1) is 15.8. The lowest BCUT2D eigenvalue weighted by atomic mass is 10.1. The molecule has 0 aromatic heterocycles. The van der Waals surface area contributed by atoms with E-state index in [0.29, 0.717) is 27.7 Å². The monoisotopic (exact) mass is 325 g/mol. The van der Waals surface area contributed by atoms with Crippen LogP contribution in [-0.2, 0) is 6.54 Å². The van der Waals surface area contributed by atoms with Crippen molar-refractivity contribution >= 4 is 29.1 Å². The quantitative estimate of drug-likeness (QED) is 0.800. The fraction of sp³-hybridized carbons (Fsp3) is 0.188. The van der Waals surface area contributed by atoms with Crippen molar-refractivity contribution < 1.29 is 9.18 Å². The zero-order valence-corrected chi connectivity index (χ0v) is 13.2. The maximum Gasteiger partial charge on any atom is 0.253 e. The molecule has 0 atom stereocenters. The van der Waals surface area contributed by atoms with E-state index >= 15 is 0 Å². The third kappa shape index (κ3) is 3.96. The topological polar surface area (TPSA) is 20.3 Å². The Labute approximate surface area is 133 Å². The molecule has 0 aliphatic heterocycles. The molecule has 110 valence electrons. The van der Waals surface area contributed by atoms with Gasteiger partial charge in [0.25, 0.3) is 5.91 Å². The number of carbonyl (C=O) groups excluding carboxylic acids is 1. The van der Waals surface area contributed by atoms with Crippen LogP contribution in [0.1, 0.15) is 21.5 Å². The summed E-state index contributed by atoms with van der Waals surface area (Å²) in [5.41, 5.74) is 1.73. The van der Waals surface area contributed by atoms with E-state index in [-0.39, 0.29) is 11.7 Å². The number of halogens is 3. The molecule has 0 saturated heterocycles. The van der Waals surface area contributed by atoms with Gasteiger partial charge in [0.1, 0.15) is 5.82 Å². The maximum atomic E-state index is 13.2. The van der Waals surface area contributed by atoms with E-state index in [1.165, 1.54) is 17.0 Å². The van der Waals surface area contributed by atoms with Crippen LogP contribution in [0, 0.1) is 12.7 Å². The highest BCUT2D eigenvalue weighted by molar-refractivity contribution is 6.34. The van der Waals surface area contributed by atoms with Crippen LogP contribution in [0.2, 0.25) is 10.0 Å². The van der Waals surface area contributed by atoms with E-state index in [1.54, 1.807) is 38.2 Å². The van der Waals surface area contributed by atoms with E-state index in [1.807, 2.05) is 0 Å². The molecule has 2 nitrogen and oxygen atoms in total. The SMILES string of the molecule is Cc1cc(C(=O)N(C)Cc2cc(Cl)cc(Cl)c2)ccc1F. The van der Waals surface area contributed by atoms with Gasteiger partial charge in [-0.25, -0.2) is 4.39 Å². The third-order valence-electron chi connectivity index (χ3n) is 3.09. The van der Waals surface area contributed by atoms with Crippen molar-refractivity contribution in [2.75, 3.05) is 7.05 Å². The average molecular weight is 326 g/mol. The summed E-state index contributed by atoms with van der Waals surface area (Å²) in [6, 6.07) is 9.47. The molecular formula is C16H14Cl2FNO. The summed E-state index contributed by atoms with van der Waals surface area (Å²) in [6.07, 6.45) is 0. The Bertz CT molecular complexity index is 668. The van der Waals surface area contributed by atoms with Gasteiger partial charge in [0.2, 0.25) is 0 Å². The maximum absolute atomic E-state index is 13.2. The van der Waals surface area contributed by atoms with Gasteiger partial charge < -0.3 is 4.90 Å². The van der Waals surface area contributed by atoms with E-state index in [9.17, 15) is 9.18 Å². The normalized spacial score (nSPS) is 10.5. The van der Waals surface area contributed by atoms with Crippen molar-refractivity contribution in [3.63, 3.8) is 0 Å². The Balaban J connectivity index is 2.17. The summed E-state index contributed by atoms with van der Waals surface area (Å²) in [4.78, 5) is 13.9. The van der Waals surface area contributed by atoms with Crippen molar-refractivity contribution in [1.29, 1.82) is 0 Å². The molecule has 0 N–H and O–H groups in total. The molecule has 0 aliphatic rings. The van der Waals surface area contributed by atoms with Crippen LogP contribution in [0.15, 0.2) is 36.4 Å². The highest BCUT2D eigenvalue weighted by Crippen LogP contribution is 2.20. The van der Waals surface area contributed by atoms with Crippen LogP contribution in [0.3, 0.4) is 0 Å². The predicted octanol–water partition coefficient (Wildman–Crippen LogP) is 4.71. The number of benzene rings is 2. The summed E-state index contributed by atoms with van der Waals surface area (Å²) >= 11 is 11.9. The number of aryl methyl sites for hydroxylation is 1. The summed E-state index contributed by atoms with van der Waals surface area (Å²) in [5, 5.41) is 1.05. The lowest BCUT2D eigenvalue weighted by molar-refractivity contribution is 0.0785. The molecule has 2 aromatic carbocycles. The van der Waals surface area contributed by atoms with Crippen molar-refractivity contribution in [2.45, 2.75) is 13.5 Å². The van der Waals surface area contributed by atoms with Crippen molar-refractivity contribution in [1.82, 2.24) is 4.90 Å². The second-order valence-corrected chi connectivity index (χ2v) is 5.78. The second kappa shape index (κ2) is 6.46. The summed E-state index contributed by atoms with van der Waals surface area (Å²) in [6.45, 7) is 2.00. The Morgan fingerprint density at radius 1 is 1.14 bits per heavy atom.